The van der Waals surface area contributed by atoms with Crippen LogP contribution in [-0.4, -0.2) is 18.7 Å². The highest BCUT2D eigenvalue weighted by Gasteiger charge is 2.57. The molecule has 3 heteroatoms. The van der Waals surface area contributed by atoms with E-state index in [1.54, 1.807) is 5.57 Å². The van der Waals surface area contributed by atoms with Crippen molar-refractivity contribution in [2.24, 2.45) is 28.1 Å². The highest BCUT2D eigenvalue weighted by atomic mass is 16.2. The van der Waals surface area contributed by atoms with Gasteiger partial charge >= 0.3 is 0 Å². The maximum absolute atomic E-state index is 12.9. The second-order valence-corrected chi connectivity index (χ2v) is 9.62. The molecule has 3 nitrogen and oxygen atoms in total. The number of fused-ring (bicyclic) bond motifs is 3. The predicted octanol–water partition coefficient (Wildman–Crippen LogP) is 4.66. The van der Waals surface area contributed by atoms with E-state index in [1.165, 1.54) is 32.1 Å². The zero-order chi connectivity index (χ0) is 18.3. The lowest BCUT2D eigenvalue weighted by Crippen LogP contribution is -2.55. The van der Waals surface area contributed by atoms with E-state index >= 15 is 0 Å². The van der Waals surface area contributed by atoms with E-state index in [4.69, 9.17) is 0 Å². The third-order valence-electron chi connectivity index (χ3n) is 8.11. The SMILES string of the molecule is CC[C@@]1(C)CC=C2C(CCC3[C@](C)(C(=O)NCC=O)CCC[C@@]23C)C1. The van der Waals surface area contributed by atoms with Crippen molar-refractivity contribution in [3.05, 3.63) is 11.6 Å². The number of amides is 1. The third-order valence-corrected chi connectivity index (χ3v) is 8.11. The van der Waals surface area contributed by atoms with Gasteiger partial charge in [-0.2, -0.15) is 0 Å². The van der Waals surface area contributed by atoms with Gasteiger partial charge in [0, 0.05) is 0 Å². The summed E-state index contributed by atoms with van der Waals surface area (Å²) >= 11 is 0. The van der Waals surface area contributed by atoms with E-state index in [2.05, 4.69) is 39.1 Å². The summed E-state index contributed by atoms with van der Waals surface area (Å²) in [6.07, 6.45) is 12.7. The highest BCUT2D eigenvalue weighted by Crippen LogP contribution is 2.63. The standard InChI is InChI=1S/C22H35NO2/c1-5-20(2)12-9-17-16(15-20)7-8-18-21(17,3)10-6-11-22(18,4)19(25)23-13-14-24/h9,14,16,18H,5-8,10-13,15H2,1-4H3,(H,23,25)/t16?,18?,20-,21-,22+/m0/s1. The Hall–Kier alpha value is -1.12. The number of aldehydes is 1. The minimum Gasteiger partial charge on any atom is -0.349 e. The molecule has 0 aliphatic heterocycles. The maximum Gasteiger partial charge on any atom is 0.226 e. The summed E-state index contributed by atoms with van der Waals surface area (Å²) in [4.78, 5) is 23.6. The number of carbonyl (C=O) groups excluding carboxylic acids is 2. The zero-order valence-corrected chi connectivity index (χ0v) is 16.5. The van der Waals surface area contributed by atoms with Gasteiger partial charge in [0.15, 0.2) is 0 Å². The van der Waals surface area contributed by atoms with Gasteiger partial charge in [-0.15, -0.1) is 0 Å². The summed E-state index contributed by atoms with van der Waals surface area (Å²) in [6, 6.07) is 0. The molecule has 140 valence electrons. The topological polar surface area (TPSA) is 46.2 Å². The fourth-order valence-electron chi connectivity index (χ4n) is 6.39. The van der Waals surface area contributed by atoms with Crippen LogP contribution in [0.4, 0.5) is 0 Å². The summed E-state index contributed by atoms with van der Waals surface area (Å²) < 4.78 is 0. The van der Waals surface area contributed by atoms with Crippen LogP contribution < -0.4 is 5.32 Å². The van der Waals surface area contributed by atoms with Crippen molar-refractivity contribution in [3.8, 4) is 0 Å². The molecule has 0 aromatic carbocycles. The molecule has 2 fully saturated rings. The van der Waals surface area contributed by atoms with Gasteiger partial charge in [0.2, 0.25) is 5.91 Å². The summed E-state index contributed by atoms with van der Waals surface area (Å²) in [7, 11) is 0. The zero-order valence-electron chi connectivity index (χ0n) is 16.5. The first-order chi connectivity index (χ1) is 11.8. The molecule has 0 aromatic heterocycles. The van der Waals surface area contributed by atoms with Crippen LogP contribution in [0.15, 0.2) is 11.6 Å². The molecule has 0 saturated heterocycles. The summed E-state index contributed by atoms with van der Waals surface area (Å²) in [5.74, 6) is 1.19. The van der Waals surface area contributed by atoms with Crippen molar-refractivity contribution in [1.29, 1.82) is 0 Å². The molecule has 25 heavy (non-hydrogen) atoms. The Morgan fingerprint density at radius 1 is 1.28 bits per heavy atom. The van der Waals surface area contributed by atoms with Crippen molar-refractivity contribution < 1.29 is 9.59 Å². The molecule has 1 amide bonds. The van der Waals surface area contributed by atoms with Crippen molar-refractivity contribution >= 4 is 12.2 Å². The Kier molecular flexibility index (Phi) is 4.89. The number of nitrogens with one attached hydrogen (secondary N) is 1. The maximum atomic E-state index is 12.9. The Bertz CT molecular complexity index is 583. The van der Waals surface area contributed by atoms with Crippen LogP contribution in [0.1, 0.15) is 79.1 Å². The minimum atomic E-state index is -0.340. The average Bonchev–Trinajstić information content (AvgIpc) is 2.59. The number of allylic oxidation sites excluding steroid dienone is 2. The molecule has 0 aromatic rings. The quantitative estimate of drug-likeness (QED) is 0.595. The number of hydrogen-bond acceptors (Lipinski definition) is 2. The summed E-state index contributed by atoms with van der Waals surface area (Å²) in [6.45, 7) is 9.47. The lowest BCUT2D eigenvalue weighted by Gasteiger charge is -2.58. The molecule has 2 saturated carbocycles. The van der Waals surface area contributed by atoms with E-state index in [-0.39, 0.29) is 23.3 Å². The molecular weight excluding hydrogens is 310 g/mol. The lowest BCUT2D eigenvalue weighted by molar-refractivity contribution is -0.142. The summed E-state index contributed by atoms with van der Waals surface area (Å²) in [5, 5.41) is 2.86. The Morgan fingerprint density at radius 2 is 2.04 bits per heavy atom. The molecule has 2 unspecified atom stereocenters. The molecule has 5 atom stereocenters. The Labute approximate surface area is 153 Å². The molecule has 3 aliphatic carbocycles. The van der Waals surface area contributed by atoms with Crippen molar-refractivity contribution in [2.45, 2.75) is 79.1 Å². The van der Waals surface area contributed by atoms with E-state index in [0.717, 1.165) is 25.5 Å². The Morgan fingerprint density at radius 3 is 2.72 bits per heavy atom. The number of carbonyl (C=O) groups is 2. The minimum absolute atomic E-state index is 0.0868. The molecule has 3 aliphatic rings. The molecule has 0 radical (unpaired) electrons. The third kappa shape index (κ3) is 2.98. The van der Waals surface area contributed by atoms with Crippen molar-refractivity contribution in [1.82, 2.24) is 5.32 Å². The number of hydrogen-bond donors (Lipinski definition) is 1. The molecule has 0 bridgehead atoms. The van der Waals surface area contributed by atoms with Crippen LogP contribution in [0, 0.1) is 28.1 Å². The van der Waals surface area contributed by atoms with Gasteiger partial charge in [-0.3, -0.25) is 4.79 Å². The van der Waals surface area contributed by atoms with Gasteiger partial charge in [-0.1, -0.05) is 52.2 Å². The van der Waals surface area contributed by atoms with E-state index in [1.807, 2.05) is 0 Å². The van der Waals surface area contributed by atoms with Crippen LogP contribution >= 0.6 is 0 Å². The van der Waals surface area contributed by atoms with Crippen LogP contribution in [0.3, 0.4) is 0 Å². The highest BCUT2D eigenvalue weighted by molar-refractivity contribution is 5.84. The predicted molar refractivity (Wildman–Crippen MR) is 101 cm³/mol. The van der Waals surface area contributed by atoms with E-state index < -0.39 is 0 Å². The second kappa shape index (κ2) is 6.55. The summed E-state index contributed by atoms with van der Waals surface area (Å²) in [5.41, 5.74) is 1.93. The molecule has 1 N–H and O–H groups in total. The second-order valence-electron chi connectivity index (χ2n) is 9.62. The molecule has 0 spiro atoms. The van der Waals surface area contributed by atoms with Gasteiger partial charge in [-0.25, -0.2) is 0 Å². The lowest BCUT2D eigenvalue weighted by atomic mass is 9.46. The smallest absolute Gasteiger partial charge is 0.226 e. The van der Waals surface area contributed by atoms with Crippen LogP contribution in [0.25, 0.3) is 0 Å². The van der Waals surface area contributed by atoms with E-state index in [9.17, 15) is 9.59 Å². The fraction of sp³-hybridized carbons (Fsp3) is 0.818. The largest absolute Gasteiger partial charge is 0.349 e. The first-order valence-electron chi connectivity index (χ1n) is 10.2. The van der Waals surface area contributed by atoms with Crippen molar-refractivity contribution in [2.75, 3.05) is 6.54 Å². The van der Waals surface area contributed by atoms with Gasteiger partial charge in [0.05, 0.1) is 12.0 Å². The van der Waals surface area contributed by atoms with Gasteiger partial charge in [0.1, 0.15) is 6.29 Å². The number of rotatable bonds is 4. The van der Waals surface area contributed by atoms with Crippen LogP contribution in [-0.2, 0) is 9.59 Å². The normalized spacial score (nSPS) is 43.4. The molecule has 0 heterocycles. The van der Waals surface area contributed by atoms with Crippen molar-refractivity contribution in [3.63, 3.8) is 0 Å². The average molecular weight is 346 g/mol. The molecule has 3 rings (SSSR count). The monoisotopic (exact) mass is 345 g/mol. The first-order valence-corrected chi connectivity index (χ1v) is 10.2. The van der Waals surface area contributed by atoms with E-state index in [0.29, 0.717) is 17.3 Å². The first kappa shape index (κ1) is 18.7. The van der Waals surface area contributed by atoms with Crippen LogP contribution in [0.2, 0.25) is 0 Å². The Balaban J connectivity index is 1.91. The molecular formula is C22H35NO2. The van der Waals surface area contributed by atoms with Gasteiger partial charge in [-0.05, 0) is 61.2 Å². The van der Waals surface area contributed by atoms with Gasteiger partial charge in [0.25, 0.3) is 0 Å². The van der Waals surface area contributed by atoms with Crippen LogP contribution in [0.5, 0.6) is 0 Å². The fourth-order valence-corrected chi connectivity index (χ4v) is 6.39. The van der Waals surface area contributed by atoms with Gasteiger partial charge < -0.3 is 10.1 Å².